The molecule has 1 aromatic heterocycles. The molecule has 3 aromatic rings. The molecule has 186 valence electrons. The lowest BCUT2D eigenvalue weighted by atomic mass is 10.0. The van der Waals surface area contributed by atoms with Crippen molar-refractivity contribution < 1.29 is 14.7 Å². The number of nitrogens with one attached hydrogen (secondary N) is 1. The van der Waals surface area contributed by atoms with Gasteiger partial charge in [-0.3, -0.25) is 18.7 Å². The number of fused-ring (bicyclic) bond motifs is 1. The van der Waals surface area contributed by atoms with Crippen LogP contribution >= 0.6 is 0 Å². The van der Waals surface area contributed by atoms with Gasteiger partial charge >= 0.3 is 11.7 Å². The van der Waals surface area contributed by atoms with E-state index in [1.54, 1.807) is 17.0 Å². The summed E-state index contributed by atoms with van der Waals surface area (Å²) >= 11 is 0. The fourth-order valence-electron chi connectivity index (χ4n) is 4.90. The molecule has 1 fully saturated rings. The van der Waals surface area contributed by atoms with Crippen molar-refractivity contribution in [2.75, 3.05) is 18.4 Å². The largest absolute Gasteiger partial charge is 0.508 e. The number of phenols is 1. The molecule has 5 rings (SSSR count). The van der Waals surface area contributed by atoms with Crippen LogP contribution in [0.15, 0.2) is 64.3 Å². The summed E-state index contributed by atoms with van der Waals surface area (Å²) in [5, 5.41) is 12.7. The van der Waals surface area contributed by atoms with E-state index >= 15 is 0 Å². The molecule has 3 amide bonds. The van der Waals surface area contributed by atoms with E-state index in [0.29, 0.717) is 38.0 Å². The van der Waals surface area contributed by atoms with Crippen LogP contribution in [0.1, 0.15) is 18.4 Å². The Bertz CT molecular complexity index is 1450. The van der Waals surface area contributed by atoms with Gasteiger partial charge in [0.15, 0.2) is 0 Å². The van der Waals surface area contributed by atoms with Crippen molar-refractivity contribution in [2.24, 2.45) is 7.05 Å². The zero-order valence-corrected chi connectivity index (χ0v) is 19.9. The summed E-state index contributed by atoms with van der Waals surface area (Å²) in [5.74, 6) is -0.235. The topological polar surface area (TPSA) is 117 Å². The number of urea groups is 1. The number of piperidine rings is 1. The van der Waals surface area contributed by atoms with Crippen molar-refractivity contribution in [2.45, 2.75) is 32.0 Å². The summed E-state index contributed by atoms with van der Waals surface area (Å²) in [6.45, 7) is 1.26. The molecule has 2 aliphatic heterocycles. The predicted octanol–water partition coefficient (Wildman–Crippen LogP) is 1.96. The first kappa shape index (κ1) is 23.4. The number of nitrogens with zero attached hydrogens (tertiary/aromatic N) is 4. The lowest BCUT2D eigenvalue weighted by Gasteiger charge is -2.40. The molecule has 0 aliphatic carbocycles. The Morgan fingerprint density at radius 3 is 2.56 bits per heavy atom. The first-order chi connectivity index (χ1) is 17.3. The number of aromatic hydroxyl groups is 1. The van der Waals surface area contributed by atoms with E-state index in [1.165, 1.54) is 29.9 Å². The maximum Gasteiger partial charge on any atom is 0.331 e. The van der Waals surface area contributed by atoms with Gasteiger partial charge in [0.05, 0.1) is 5.56 Å². The van der Waals surface area contributed by atoms with Crippen LogP contribution in [-0.2, 0) is 24.9 Å². The lowest BCUT2D eigenvalue weighted by molar-refractivity contribution is -0.133. The van der Waals surface area contributed by atoms with Gasteiger partial charge in [0, 0.05) is 44.6 Å². The minimum atomic E-state index is -0.587. The third-order valence-corrected chi connectivity index (χ3v) is 6.93. The summed E-state index contributed by atoms with van der Waals surface area (Å²) in [6, 6.07) is 13.8. The molecular weight excluding hydrogens is 462 g/mol. The molecule has 3 heterocycles. The molecular formula is C26H27N5O5. The Hall–Kier alpha value is -4.34. The average Bonchev–Trinajstić information content (AvgIpc) is 2.88. The molecule has 0 spiro atoms. The molecule has 0 saturated carbocycles. The Labute approximate surface area is 207 Å². The van der Waals surface area contributed by atoms with Crippen LogP contribution in [0.3, 0.4) is 0 Å². The number of carbonyl (C=O) groups is 2. The van der Waals surface area contributed by atoms with Crippen LogP contribution in [0.5, 0.6) is 5.75 Å². The van der Waals surface area contributed by atoms with Gasteiger partial charge in [-0.2, -0.15) is 0 Å². The molecule has 36 heavy (non-hydrogen) atoms. The van der Waals surface area contributed by atoms with Crippen molar-refractivity contribution in [1.29, 1.82) is 0 Å². The van der Waals surface area contributed by atoms with Gasteiger partial charge in [-0.15, -0.1) is 0 Å². The Morgan fingerprint density at radius 1 is 1.06 bits per heavy atom. The summed E-state index contributed by atoms with van der Waals surface area (Å²) in [6.07, 6.45) is 2.65. The average molecular weight is 490 g/mol. The van der Waals surface area contributed by atoms with Gasteiger partial charge < -0.3 is 20.2 Å². The third-order valence-electron chi connectivity index (χ3n) is 6.93. The van der Waals surface area contributed by atoms with Crippen LogP contribution in [-0.4, -0.2) is 55.1 Å². The smallest absolute Gasteiger partial charge is 0.331 e. The Morgan fingerprint density at radius 2 is 1.81 bits per heavy atom. The third kappa shape index (κ3) is 4.37. The predicted molar refractivity (Wildman–Crippen MR) is 134 cm³/mol. The highest BCUT2D eigenvalue weighted by Crippen LogP contribution is 2.27. The molecule has 0 unspecified atom stereocenters. The first-order valence-corrected chi connectivity index (χ1v) is 11.8. The molecule has 2 aromatic carbocycles. The first-order valence-electron chi connectivity index (χ1n) is 11.8. The van der Waals surface area contributed by atoms with E-state index in [9.17, 15) is 24.3 Å². The van der Waals surface area contributed by atoms with Gasteiger partial charge in [-0.05, 0) is 42.2 Å². The van der Waals surface area contributed by atoms with Crippen molar-refractivity contribution >= 4 is 17.6 Å². The van der Waals surface area contributed by atoms with E-state index in [0.717, 1.165) is 15.8 Å². The van der Waals surface area contributed by atoms with Gasteiger partial charge in [-0.25, -0.2) is 9.59 Å². The number of para-hydroxylation sites is 1. The molecule has 10 heteroatoms. The fraction of sp³-hybridized carbons (Fsp3) is 0.308. The second kappa shape index (κ2) is 9.37. The second-order valence-electron chi connectivity index (χ2n) is 9.19. The molecule has 10 nitrogen and oxygen atoms in total. The number of benzene rings is 2. The number of amides is 3. The number of rotatable bonds is 4. The highest BCUT2D eigenvalue weighted by molar-refractivity contribution is 5.92. The van der Waals surface area contributed by atoms with E-state index in [-0.39, 0.29) is 35.8 Å². The quantitative estimate of drug-likeness (QED) is 0.581. The second-order valence-corrected chi connectivity index (χ2v) is 9.19. The standard InChI is InChI=1S/C26H27N5O5/c1-28-24(34)21(17-6-4-7-20(32)13-17)15-30(26(28)36)16-23(33)29-11-9-19(10-12-29)31-14-18-5-2-3-8-22(18)27-25(31)35/h2-8,13,15,19,32H,9-12,14,16H2,1H3,(H,27,35). The minimum Gasteiger partial charge on any atom is -0.508 e. The Kier molecular flexibility index (Phi) is 6.09. The van der Waals surface area contributed by atoms with Crippen LogP contribution in [0.25, 0.3) is 11.1 Å². The number of likely N-dealkylation sites (tertiary alicyclic amines) is 1. The number of hydrogen-bond donors (Lipinski definition) is 2. The summed E-state index contributed by atoms with van der Waals surface area (Å²) in [4.78, 5) is 54.6. The molecule has 0 atom stereocenters. The number of aromatic nitrogens is 2. The van der Waals surface area contributed by atoms with E-state index in [2.05, 4.69) is 5.32 Å². The number of hydrogen-bond acceptors (Lipinski definition) is 5. The van der Waals surface area contributed by atoms with Crippen LogP contribution in [0.4, 0.5) is 10.5 Å². The maximum atomic E-state index is 13.1. The van der Waals surface area contributed by atoms with Gasteiger partial charge in [-0.1, -0.05) is 30.3 Å². The monoisotopic (exact) mass is 489 g/mol. The van der Waals surface area contributed by atoms with Crippen molar-refractivity contribution in [3.63, 3.8) is 0 Å². The van der Waals surface area contributed by atoms with Gasteiger partial charge in [0.2, 0.25) is 5.91 Å². The van der Waals surface area contributed by atoms with Crippen LogP contribution in [0, 0.1) is 0 Å². The van der Waals surface area contributed by atoms with Gasteiger partial charge in [0.25, 0.3) is 5.56 Å². The molecule has 0 bridgehead atoms. The molecule has 2 N–H and O–H groups in total. The zero-order valence-electron chi connectivity index (χ0n) is 19.9. The van der Waals surface area contributed by atoms with E-state index in [4.69, 9.17) is 0 Å². The van der Waals surface area contributed by atoms with Crippen LogP contribution < -0.4 is 16.6 Å². The Balaban J connectivity index is 1.28. The lowest BCUT2D eigenvalue weighted by Crippen LogP contribution is -2.51. The number of anilines is 1. The number of phenolic OH excluding ortho intramolecular Hbond substituents is 1. The van der Waals surface area contributed by atoms with Crippen molar-refractivity contribution in [3.05, 3.63) is 81.1 Å². The van der Waals surface area contributed by atoms with E-state index in [1.807, 2.05) is 29.2 Å². The van der Waals surface area contributed by atoms with E-state index < -0.39 is 11.2 Å². The maximum absolute atomic E-state index is 13.1. The molecule has 1 saturated heterocycles. The summed E-state index contributed by atoms with van der Waals surface area (Å²) in [5.41, 5.74) is 1.48. The molecule has 2 aliphatic rings. The normalized spacial score (nSPS) is 16.0. The number of carbonyl (C=O) groups excluding carboxylic acids is 2. The highest BCUT2D eigenvalue weighted by atomic mass is 16.3. The van der Waals surface area contributed by atoms with Gasteiger partial charge in [0.1, 0.15) is 12.3 Å². The fourth-order valence-corrected chi connectivity index (χ4v) is 4.90. The summed E-state index contributed by atoms with van der Waals surface area (Å²) < 4.78 is 2.19. The molecule has 0 radical (unpaired) electrons. The summed E-state index contributed by atoms with van der Waals surface area (Å²) in [7, 11) is 1.37. The SMILES string of the molecule is Cn1c(=O)c(-c2cccc(O)c2)cn(CC(=O)N2CCC(N3Cc4ccccc4NC3=O)CC2)c1=O. The zero-order chi connectivity index (χ0) is 25.4. The highest BCUT2D eigenvalue weighted by Gasteiger charge is 2.32. The van der Waals surface area contributed by atoms with Crippen molar-refractivity contribution in [3.8, 4) is 16.9 Å². The van der Waals surface area contributed by atoms with Crippen molar-refractivity contribution in [1.82, 2.24) is 18.9 Å². The minimum absolute atomic E-state index is 0.00266. The van der Waals surface area contributed by atoms with Crippen LogP contribution in [0.2, 0.25) is 0 Å².